The van der Waals surface area contributed by atoms with Gasteiger partial charge in [0.05, 0.1) is 0 Å². The molecule has 12 rings (SSSR count). The van der Waals surface area contributed by atoms with Crippen LogP contribution < -0.4 is 4.90 Å². The van der Waals surface area contributed by atoms with Crippen molar-refractivity contribution in [3.05, 3.63) is 139 Å². The summed E-state index contributed by atoms with van der Waals surface area (Å²) < 4.78 is 8.91. The maximum atomic E-state index is 6.23. The number of rotatable bonds is 5. The lowest BCUT2D eigenvalue weighted by molar-refractivity contribution is -0.00518. The van der Waals surface area contributed by atoms with Crippen LogP contribution in [0.2, 0.25) is 0 Å². The average molecular weight is 652 g/mol. The maximum absolute atomic E-state index is 6.23. The van der Waals surface area contributed by atoms with Crippen molar-refractivity contribution in [2.24, 2.45) is 17.8 Å². The van der Waals surface area contributed by atoms with Crippen molar-refractivity contribution < 1.29 is 4.42 Å². The van der Waals surface area contributed by atoms with Crippen LogP contribution in [0.5, 0.6) is 0 Å². The summed E-state index contributed by atoms with van der Waals surface area (Å²) in [6.45, 7) is 0. The van der Waals surface area contributed by atoms with Crippen LogP contribution in [0, 0.1) is 17.8 Å². The van der Waals surface area contributed by atoms with Gasteiger partial charge in [-0.3, -0.25) is 0 Å². The summed E-state index contributed by atoms with van der Waals surface area (Å²) in [5.74, 6) is 2.82. The van der Waals surface area contributed by atoms with Crippen molar-refractivity contribution in [1.29, 1.82) is 0 Å². The molecule has 0 unspecified atom stereocenters. The number of para-hydroxylation sites is 1. The number of thiophene rings is 1. The Morgan fingerprint density at radius 3 is 1.84 bits per heavy atom. The minimum atomic E-state index is 0.392. The fourth-order valence-electron chi connectivity index (χ4n) is 10.4. The van der Waals surface area contributed by atoms with E-state index in [1.54, 1.807) is 5.56 Å². The van der Waals surface area contributed by atoms with E-state index in [2.05, 4.69) is 132 Å². The molecule has 2 aromatic heterocycles. The van der Waals surface area contributed by atoms with Crippen LogP contribution in [0.15, 0.2) is 138 Å². The number of nitrogens with zero attached hydrogens (tertiary/aromatic N) is 1. The monoisotopic (exact) mass is 651 g/mol. The van der Waals surface area contributed by atoms with Crippen LogP contribution in [0.3, 0.4) is 0 Å². The number of anilines is 3. The standard InChI is InChI=1S/C46H37NOS/c1-3-7-42-38(5-1)40-25-37(18-19-43(40)48-42)47(36-16-12-34(13-17-36)46-26-29-21-30(27-46)23-31(22-29)28-46)35-14-9-32(10-15-35)33-11-20-45-41(24-33)39-6-2-4-8-44(39)49-45/h1-20,24-25,29-31H,21-23,26-28H2. The lowest BCUT2D eigenvalue weighted by Crippen LogP contribution is -2.48. The van der Waals surface area contributed by atoms with E-state index >= 15 is 0 Å². The summed E-state index contributed by atoms with van der Waals surface area (Å²) in [5, 5.41) is 4.98. The zero-order chi connectivity index (χ0) is 32.1. The highest BCUT2D eigenvalue weighted by Gasteiger charge is 2.51. The van der Waals surface area contributed by atoms with Crippen molar-refractivity contribution in [1.82, 2.24) is 0 Å². The predicted molar refractivity (Wildman–Crippen MR) is 207 cm³/mol. The molecule has 0 saturated heterocycles. The highest BCUT2D eigenvalue weighted by molar-refractivity contribution is 7.25. The zero-order valence-electron chi connectivity index (χ0n) is 27.4. The molecule has 6 aromatic carbocycles. The number of benzene rings is 6. The lowest BCUT2D eigenvalue weighted by Gasteiger charge is -2.57. The van der Waals surface area contributed by atoms with Gasteiger partial charge in [0.15, 0.2) is 0 Å². The Kier molecular flexibility index (Phi) is 6.04. The first-order valence-corrected chi connectivity index (χ1v) is 18.8. The molecule has 4 saturated carbocycles. The van der Waals surface area contributed by atoms with Gasteiger partial charge in [-0.2, -0.15) is 0 Å². The Labute approximate surface area is 290 Å². The van der Waals surface area contributed by atoms with E-state index in [9.17, 15) is 0 Å². The van der Waals surface area contributed by atoms with Crippen LogP contribution in [0.1, 0.15) is 44.1 Å². The van der Waals surface area contributed by atoms with Crippen molar-refractivity contribution in [3.63, 3.8) is 0 Å². The van der Waals surface area contributed by atoms with E-state index in [-0.39, 0.29) is 0 Å². The Morgan fingerprint density at radius 2 is 1.08 bits per heavy atom. The van der Waals surface area contributed by atoms with Crippen LogP contribution in [-0.4, -0.2) is 0 Å². The highest BCUT2D eigenvalue weighted by Crippen LogP contribution is 2.61. The molecule has 0 spiro atoms. The summed E-state index contributed by atoms with van der Waals surface area (Å²) in [7, 11) is 0. The summed E-state index contributed by atoms with van der Waals surface area (Å²) in [5.41, 5.74) is 9.78. The van der Waals surface area contributed by atoms with Gasteiger partial charge in [-0.05, 0) is 145 Å². The fourth-order valence-corrected chi connectivity index (χ4v) is 11.5. The summed E-state index contributed by atoms with van der Waals surface area (Å²) in [4.78, 5) is 2.42. The van der Waals surface area contributed by atoms with Crippen LogP contribution in [-0.2, 0) is 5.41 Å². The van der Waals surface area contributed by atoms with E-state index in [0.29, 0.717) is 5.41 Å². The Morgan fingerprint density at radius 1 is 0.490 bits per heavy atom. The summed E-state index contributed by atoms with van der Waals surface area (Å²) >= 11 is 1.87. The molecule has 4 aliphatic rings. The second kappa shape index (κ2) is 10.6. The Bertz CT molecular complexity index is 2500. The van der Waals surface area contributed by atoms with Crippen molar-refractivity contribution in [2.75, 3.05) is 4.90 Å². The number of hydrogen-bond donors (Lipinski definition) is 0. The molecule has 2 heterocycles. The molecule has 0 amide bonds. The van der Waals surface area contributed by atoms with Gasteiger partial charge in [-0.15, -0.1) is 11.3 Å². The minimum Gasteiger partial charge on any atom is -0.456 e. The van der Waals surface area contributed by atoms with Gasteiger partial charge in [-0.1, -0.05) is 66.7 Å². The van der Waals surface area contributed by atoms with Gasteiger partial charge in [0.1, 0.15) is 11.2 Å². The average Bonchev–Trinajstić information content (AvgIpc) is 3.70. The van der Waals surface area contributed by atoms with Crippen LogP contribution in [0.25, 0.3) is 53.2 Å². The molecule has 2 nitrogen and oxygen atoms in total. The van der Waals surface area contributed by atoms with Gasteiger partial charge < -0.3 is 9.32 Å². The predicted octanol–water partition coefficient (Wildman–Crippen LogP) is 13.6. The SMILES string of the molecule is c1ccc2c(c1)oc1ccc(N(c3ccc(-c4ccc5sc6ccccc6c5c4)cc3)c3ccc(C45CC6CC(CC(C6)C4)C5)cc3)cc12. The third-order valence-electron chi connectivity index (χ3n) is 12.2. The van der Waals surface area contributed by atoms with Crippen LogP contribution in [0.4, 0.5) is 17.1 Å². The molecule has 0 N–H and O–H groups in total. The van der Waals surface area contributed by atoms with Crippen molar-refractivity contribution in [3.8, 4) is 11.1 Å². The third kappa shape index (κ3) is 4.45. The minimum absolute atomic E-state index is 0.392. The summed E-state index contributed by atoms with van der Waals surface area (Å²) in [6.07, 6.45) is 8.60. The molecule has 0 radical (unpaired) electrons. The molecular formula is C46H37NOS. The molecule has 4 aliphatic carbocycles. The molecule has 4 fully saturated rings. The second-order valence-electron chi connectivity index (χ2n) is 15.2. The number of furan rings is 1. The first kappa shape index (κ1) is 28.0. The van der Waals surface area contributed by atoms with Crippen molar-refractivity contribution in [2.45, 2.75) is 43.9 Å². The van der Waals surface area contributed by atoms with Crippen molar-refractivity contribution >= 4 is 70.5 Å². The normalized spacial score (nSPS) is 22.9. The number of fused-ring (bicyclic) bond motifs is 6. The first-order chi connectivity index (χ1) is 24.2. The van der Waals surface area contributed by atoms with E-state index < -0.39 is 0 Å². The number of hydrogen-bond acceptors (Lipinski definition) is 3. The van der Waals surface area contributed by atoms with E-state index in [0.717, 1.165) is 51.1 Å². The molecule has 0 aliphatic heterocycles. The topological polar surface area (TPSA) is 16.4 Å². The van der Waals surface area contributed by atoms with Gasteiger partial charge >= 0.3 is 0 Å². The molecule has 3 heteroatoms. The molecule has 0 atom stereocenters. The molecular weight excluding hydrogens is 615 g/mol. The largest absolute Gasteiger partial charge is 0.456 e. The Balaban J connectivity index is 1.00. The zero-order valence-corrected chi connectivity index (χ0v) is 28.3. The smallest absolute Gasteiger partial charge is 0.135 e. The van der Waals surface area contributed by atoms with E-state index in [1.807, 2.05) is 17.4 Å². The molecule has 4 bridgehead atoms. The fraction of sp³-hybridized carbons (Fsp3) is 0.217. The van der Waals surface area contributed by atoms with E-state index in [1.165, 1.54) is 75.5 Å². The van der Waals surface area contributed by atoms with Gasteiger partial charge in [0.2, 0.25) is 0 Å². The molecule has 238 valence electrons. The van der Waals surface area contributed by atoms with Gasteiger partial charge in [0.25, 0.3) is 0 Å². The van der Waals surface area contributed by atoms with E-state index in [4.69, 9.17) is 4.42 Å². The van der Waals surface area contributed by atoms with Gasteiger partial charge in [0, 0.05) is 48.0 Å². The van der Waals surface area contributed by atoms with Crippen LogP contribution >= 0.6 is 11.3 Å². The van der Waals surface area contributed by atoms with Gasteiger partial charge in [-0.25, -0.2) is 0 Å². The molecule has 49 heavy (non-hydrogen) atoms. The second-order valence-corrected chi connectivity index (χ2v) is 16.3. The first-order valence-electron chi connectivity index (χ1n) is 18.0. The highest BCUT2D eigenvalue weighted by atomic mass is 32.1. The Hall–Kier alpha value is -4.86. The summed E-state index contributed by atoms with van der Waals surface area (Å²) in [6, 6.07) is 49.5. The molecule has 8 aromatic rings. The quantitative estimate of drug-likeness (QED) is 0.184. The maximum Gasteiger partial charge on any atom is 0.135 e. The third-order valence-corrected chi connectivity index (χ3v) is 13.4. The lowest BCUT2D eigenvalue weighted by atomic mass is 9.48.